The van der Waals surface area contributed by atoms with Gasteiger partial charge in [-0.25, -0.2) is 0 Å². The van der Waals surface area contributed by atoms with Crippen molar-refractivity contribution in [3.63, 3.8) is 0 Å². The number of ether oxygens (including phenoxy) is 1. The third-order valence-electron chi connectivity index (χ3n) is 4.52. The highest BCUT2D eigenvalue weighted by Gasteiger charge is 2.49. The van der Waals surface area contributed by atoms with Gasteiger partial charge in [0.25, 0.3) is 0 Å². The summed E-state index contributed by atoms with van der Waals surface area (Å²) >= 11 is 0. The van der Waals surface area contributed by atoms with Gasteiger partial charge in [0.05, 0.1) is 22.8 Å². The van der Waals surface area contributed by atoms with Crippen molar-refractivity contribution in [1.82, 2.24) is 4.98 Å². The molecule has 1 aromatic carbocycles. The summed E-state index contributed by atoms with van der Waals surface area (Å²) in [7, 11) is 0. The molecule has 0 amide bonds. The second kappa shape index (κ2) is 4.79. The van der Waals surface area contributed by atoms with Gasteiger partial charge in [-0.2, -0.15) is 0 Å². The van der Waals surface area contributed by atoms with Gasteiger partial charge >= 0.3 is 0 Å². The minimum absolute atomic E-state index is 0.0679. The summed E-state index contributed by atoms with van der Waals surface area (Å²) in [5.41, 5.74) is 1.33. The monoisotopic (exact) mass is 285 g/mol. The number of benzene rings is 1. The number of pyridine rings is 1. The van der Waals surface area contributed by atoms with E-state index < -0.39 is 6.10 Å². The normalized spacial score (nSPS) is 25.1. The number of rotatable bonds is 2. The van der Waals surface area contributed by atoms with E-state index in [0.717, 1.165) is 22.9 Å². The first-order chi connectivity index (χ1) is 9.80. The van der Waals surface area contributed by atoms with Crippen molar-refractivity contribution in [2.75, 3.05) is 0 Å². The van der Waals surface area contributed by atoms with Crippen LogP contribution in [0.2, 0.25) is 0 Å². The number of nitrogens with zero attached hydrogens (tertiary/aromatic N) is 1. The Balaban J connectivity index is 2.03. The van der Waals surface area contributed by atoms with Crippen molar-refractivity contribution in [3.05, 3.63) is 42.1 Å². The third kappa shape index (κ3) is 2.56. The number of hydrogen-bond donors (Lipinski definition) is 1. The molecule has 2 aromatic rings. The van der Waals surface area contributed by atoms with E-state index in [1.807, 2.05) is 30.3 Å². The second-order valence-corrected chi connectivity index (χ2v) is 7.14. The van der Waals surface area contributed by atoms with Crippen LogP contribution in [0.15, 0.2) is 36.5 Å². The van der Waals surface area contributed by atoms with Crippen LogP contribution in [0.5, 0.6) is 0 Å². The largest absolute Gasteiger partial charge is 0.388 e. The fraction of sp³-hybridized carbons (Fsp3) is 0.500. The number of aliphatic hydroxyl groups excluding tert-OH is 1. The Bertz CT molecular complexity index is 658. The van der Waals surface area contributed by atoms with E-state index in [1.165, 1.54) is 0 Å². The van der Waals surface area contributed by atoms with Crippen LogP contribution in [-0.4, -0.2) is 21.3 Å². The van der Waals surface area contributed by atoms with Crippen LogP contribution in [0.1, 0.15) is 45.8 Å². The van der Waals surface area contributed by atoms with Crippen molar-refractivity contribution in [2.24, 2.45) is 5.92 Å². The molecular weight excluding hydrogens is 262 g/mol. The molecule has 2 heterocycles. The molecular formula is C18H23NO2. The Morgan fingerprint density at radius 2 is 1.95 bits per heavy atom. The standard InChI is InChI=1S/C18H23NO2/c1-17(2)11-14(18(3,4)21-17)16(20)13-7-5-9-15-12(13)8-6-10-19-15/h5-10,14,16,20H,11H2,1-4H3. The van der Waals surface area contributed by atoms with E-state index in [0.29, 0.717) is 0 Å². The lowest BCUT2D eigenvalue weighted by molar-refractivity contribution is -0.0879. The van der Waals surface area contributed by atoms with Gasteiger partial charge in [0.1, 0.15) is 0 Å². The average Bonchev–Trinajstić information content (AvgIpc) is 2.65. The van der Waals surface area contributed by atoms with Crippen LogP contribution in [0.4, 0.5) is 0 Å². The van der Waals surface area contributed by atoms with Gasteiger partial charge in [0, 0.05) is 17.5 Å². The highest BCUT2D eigenvalue weighted by atomic mass is 16.5. The first-order valence-electron chi connectivity index (χ1n) is 7.52. The Labute approximate surface area is 126 Å². The number of aromatic nitrogens is 1. The molecule has 3 nitrogen and oxygen atoms in total. The number of fused-ring (bicyclic) bond motifs is 1. The highest BCUT2D eigenvalue weighted by molar-refractivity contribution is 5.82. The first kappa shape index (κ1) is 14.5. The first-order valence-corrected chi connectivity index (χ1v) is 7.52. The lowest BCUT2D eigenvalue weighted by Gasteiger charge is -2.30. The summed E-state index contributed by atoms with van der Waals surface area (Å²) in [6.45, 7) is 8.32. The minimum Gasteiger partial charge on any atom is -0.388 e. The maximum atomic E-state index is 11.0. The summed E-state index contributed by atoms with van der Waals surface area (Å²) in [6, 6.07) is 9.87. The van der Waals surface area contributed by atoms with Crippen molar-refractivity contribution >= 4 is 10.9 Å². The van der Waals surface area contributed by atoms with Crippen LogP contribution >= 0.6 is 0 Å². The molecule has 3 rings (SSSR count). The van der Waals surface area contributed by atoms with Crippen molar-refractivity contribution in [3.8, 4) is 0 Å². The van der Waals surface area contributed by atoms with Gasteiger partial charge in [-0.05, 0) is 51.8 Å². The molecule has 1 N–H and O–H groups in total. The summed E-state index contributed by atoms with van der Waals surface area (Å²) in [5, 5.41) is 12.0. The molecule has 1 saturated heterocycles. The molecule has 112 valence electrons. The van der Waals surface area contributed by atoms with E-state index in [4.69, 9.17) is 4.74 Å². The molecule has 1 aromatic heterocycles. The van der Waals surface area contributed by atoms with Crippen molar-refractivity contribution in [1.29, 1.82) is 0 Å². The third-order valence-corrected chi connectivity index (χ3v) is 4.52. The van der Waals surface area contributed by atoms with Gasteiger partial charge in [-0.3, -0.25) is 4.98 Å². The maximum absolute atomic E-state index is 11.0. The minimum atomic E-state index is -0.547. The van der Waals surface area contributed by atoms with Crippen molar-refractivity contribution < 1.29 is 9.84 Å². The number of hydrogen-bond acceptors (Lipinski definition) is 3. The van der Waals surface area contributed by atoms with Crippen molar-refractivity contribution in [2.45, 2.75) is 51.4 Å². The summed E-state index contributed by atoms with van der Waals surface area (Å²) in [6.07, 6.45) is 2.08. The zero-order valence-electron chi connectivity index (χ0n) is 13.1. The summed E-state index contributed by atoms with van der Waals surface area (Å²) in [4.78, 5) is 4.37. The molecule has 21 heavy (non-hydrogen) atoms. The van der Waals surface area contributed by atoms with Crippen LogP contribution in [0, 0.1) is 5.92 Å². The molecule has 0 bridgehead atoms. The molecule has 0 saturated carbocycles. The molecule has 0 radical (unpaired) electrons. The van der Waals surface area contributed by atoms with Gasteiger partial charge in [0.2, 0.25) is 0 Å². The zero-order valence-corrected chi connectivity index (χ0v) is 13.1. The predicted molar refractivity (Wildman–Crippen MR) is 84.1 cm³/mol. The zero-order chi connectivity index (χ0) is 15.3. The predicted octanol–water partition coefficient (Wildman–Crippen LogP) is 3.86. The quantitative estimate of drug-likeness (QED) is 0.911. The smallest absolute Gasteiger partial charge is 0.0853 e. The van der Waals surface area contributed by atoms with Gasteiger partial charge in [-0.1, -0.05) is 18.2 Å². The molecule has 1 aliphatic heterocycles. The molecule has 3 heteroatoms. The van der Waals surface area contributed by atoms with Gasteiger partial charge in [-0.15, -0.1) is 0 Å². The maximum Gasteiger partial charge on any atom is 0.0853 e. The average molecular weight is 285 g/mol. The van der Waals surface area contributed by atoms with E-state index >= 15 is 0 Å². The molecule has 0 spiro atoms. The fourth-order valence-electron chi connectivity index (χ4n) is 3.70. The SMILES string of the molecule is CC1(C)CC(C(O)c2cccc3ncccc23)C(C)(C)O1. The Kier molecular flexibility index (Phi) is 3.30. The van der Waals surface area contributed by atoms with E-state index in [-0.39, 0.29) is 17.1 Å². The number of aliphatic hydroxyl groups is 1. The Morgan fingerprint density at radius 1 is 1.19 bits per heavy atom. The molecule has 1 fully saturated rings. The lowest BCUT2D eigenvalue weighted by Crippen LogP contribution is -2.32. The summed E-state index contributed by atoms with van der Waals surface area (Å²) in [5.74, 6) is 0.0679. The van der Waals surface area contributed by atoms with Gasteiger partial charge < -0.3 is 9.84 Å². The van der Waals surface area contributed by atoms with E-state index in [9.17, 15) is 5.11 Å². The van der Waals surface area contributed by atoms with Crippen LogP contribution in [0.3, 0.4) is 0 Å². The van der Waals surface area contributed by atoms with Gasteiger partial charge in [0.15, 0.2) is 0 Å². The topological polar surface area (TPSA) is 42.4 Å². The molecule has 2 unspecified atom stereocenters. The molecule has 1 aliphatic rings. The van der Waals surface area contributed by atoms with Crippen LogP contribution < -0.4 is 0 Å². The second-order valence-electron chi connectivity index (χ2n) is 7.14. The van der Waals surface area contributed by atoms with E-state index in [1.54, 1.807) is 6.20 Å². The molecule has 0 aliphatic carbocycles. The highest BCUT2D eigenvalue weighted by Crippen LogP contribution is 2.48. The fourth-order valence-corrected chi connectivity index (χ4v) is 3.70. The lowest BCUT2D eigenvalue weighted by atomic mass is 9.80. The Hall–Kier alpha value is -1.45. The van der Waals surface area contributed by atoms with E-state index in [2.05, 4.69) is 32.7 Å². The van der Waals surface area contributed by atoms with Crippen LogP contribution in [-0.2, 0) is 4.74 Å². The Morgan fingerprint density at radius 3 is 2.62 bits per heavy atom. The molecule has 2 atom stereocenters. The van der Waals surface area contributed by atoms with Crippen LogP contribution in [0.25, 0.3) is 10.9 Å². The summed E-state index contributed by atoms with van der Waals surface area (Å²) < 4.78 is 6.13.